The fraction of sp³-hybridized carbons (Fsp3) is 0.238. The second-order valence-corrected chi connectivity index (χ2v) is 5.76. The van der Waals surface area contributed by atoms with Gasteiger partial charge in [0.25, 0.3) is 0 Å². The van der Waals surface area contributed by atoms with Gasteiger partial charge in [-0.1, -0.05) is 55.5 Å². The number of rotatable bonds is 8. The molecule has 2 aromatic rings. The van der Waals surface area contributed by atoms with Crippen LogP contribution in [0.5, 0.6) is 0 Å². The average Bonchev–Trinajstić information content (AvgIpc) is 2.65. The van der Waals surface area contributed by atoms with Gasteiger partial charge in [-0.3, -0.25) is 9.59 Å². The molecular formula is C21H24N2O2. The Kier molecular flexibility index (Phi) is 6.96. The quantitative estimate of drug-likeness (QED) is 0.750. The summed E-state index contributed by atoms with van der Waals surface area (Å²) in [6, 6.07) is 17.5. The van der Waals surface area contributed by atoms with Crippen molar-refractivity contribution in [2.45, 2.75) is 26.3 Å². The predicted octanol–water partition coefficient (Wildman–Crippen LogP) is 3.47. The first-order valence-corrected chi connectivity index (χ1v) is 8.45. The molecule has 1 N–H and O–H groups in total. The van der Waals surface area contributed by atoms with Crippen LogP contribution in [0.1, 0.15) is 24.5 Å². The van der Waals surface area contributed by atoms with Crippen molar-refractivity contribution in [1.29, 1.82) is 0 Å². The molecule has 0 bridgehead atoms. The van der Waals surface area contributed by atoms with Crippen LogP contribution in [-0.2, 0) is 22.6 Å². The third-order valence-electron chi connectivity index (χ3n) is 3.82. The van der Waals surface area contributed by atoms with Gasteiger partial charge in [-0.15, -0.1) is 6.58 Å². The molecule has 0 saturated carbocycles. The molecule has 0 aliphatic heterocycles. The van der Waals surface area contributed by atoms with Crippen molar-refractivity contribution in [1.82, 2.24) is 5.32 Å². The van der Waals surface area contributed by atoms with Gasteiger partial charge in [-0.2, -0.15) is 0 Å². The van der Waals surface area contributed by atoms with Crippen molar-refractivity contribution in [3.8, 4) is 0 Å². The lowest BCUT2D eigenvalue weighted by atomic mass is 10.1. The van der Waals surface area contributed by atoms with E-state index in [0.29, 0.717) is 19.5 Å². The molecule has 0 radical (unpaired) electrons. The highest BCUT2D eigenvalue weighted by molar-refractivity contribution is 5.93. The zero-order chi connectivity index (χ0) is 18.1. The molecule has 2 aromatic carbocycles. The second kappa shape index (κ2) is 9.42. The highest BCUT2D eigenvalue weighted by Gasteiger charge is 2.15. The van der Waals surface area contributed by atoms with Gasteiger partial charge in [0.15, 0.2) is 0 Å². The summed E-state index contributed by atoms with van der Waals surface area (Å²) in [5, 5.41) is 2.77. The molecule has 2 amide bonds. The lowest BCUT2D eigenvalue weighted by molar-refractivity contribution is -0.120. The van der Waals surface area contributed by atoms with E-state index in [1.165, 1.54) is 0 Å². The minimum absolute atomic E-state index is 0.0529. The first kappa shape index (κ1) is 18.5. The molecule has 25 heavy (non-hydrogen) atoms. The molecule has 0 heterocycles. The van der Waals surface area contributed by atoms with Crippen LogP contribution in [0.2, 0.25) is 0 Å². The fourth-order valence-corrected chi connectivity index (χ4v) is 2.55. The Hall–Kier alpha value is -2.88. The first-order valence-electron chi connectivity index (χ1n) is 8.45. The van der Waals surface area contributed by atoms with Crippen LogP contribution in [0.3, 0.4) is 0 Å². The number of hydrogen-bond donors (Lipinski definition) is 1. The Balaban J connectivity index is 2.19. The van der Waals surface area contributed by atoms with Crippen LogP contribution in [0.25, 0.3) is 0 Å². The first-order chi connectivity index (χ1) is 12.1. The molecule has 0 aromatic heterocycles. The van der Waals surface area contributed by atoms with Crippen LogP contribution >= 0.6 is 0 Å². The smallest absolute Gasteiger partial charge is 0.227 e. The Morgan fingerprint density at radius 1 is 1.08 bits per heavy atom. The van der Waals surface area contributed by atoms with Gasteiger partial charge < -0.3 is 10.2 Å². The van der Waals surface area contributed by atoms with E-state index in [2.05, 4.69) is 11.9 Å². The molecule has 4 heteroatoms. The minimum atomic E-state index is -0.0616. The number of anilines is 1. The highest BCUT2D eigenvalue weighted by Crippen LogP contribution is 2.20. The molecule has 0 aliphatic carbocycles. The third kappa shape index (κ3) is 5.60. The zero-order valence-electron chi connectivity index (χ0n) is 14.6. The van der Waals surface area contributed by atoms with Gasteiger partial charge in [-0.25, -0.2) is 0 Å². The summed E-state index contributed by atoms with van der Waals surface area (Å²) in [6.45, 7) is 6.41. The van der Waals surface area contributed by atoms with Crippen LogP contribution in [-0.4, -0.2) is 18.4 Å². The molecule has 130 valence electrons. The van der Waals surface area contributed by atoms with E-state index in [-0.39, 0.29) is 18.2 Å². The highest BCUT2D eigenvalue weighted by atomic mass is 16.2. The number of nitrogens with zero attached hydrogens (tertiary/aromatic N) is 1. The van der Waals surface area contributed by atoms with E-state index in [4.69, 9.17) is 0 Å². The fourth-order valence-electron chi connectivity index (χ4n) is 2.55. The SMILES string of the molecule is C=CCNC(=O)Cc1cccc(N(Cc2ccccc2)C(=O)CC)c1. The summed E-state index contributed by atoms with van der Waals surface area (Å²) in [6.07, 6.45) is 2.36. The number of hydrogen-bond acceptors (Lipinski definition) is 2. The maximum absolute atomic E-state index is 12.4. The number of amides is 2. The van der Waals surface area contributed by atoms with Crippen molar-refractivity contribution < 1.29 is 9.59 Å². The lowest BCUT2D eigenvalue weighted by Crippen LogP contribution is -2.30. The van der Waals surface area contributed by atoms with Gasteiger partial charge in [0.1, 0.15) is 0 Å². The Bertz CT molecular complexity index is 726. The van der Waals surface area contributed by atoms with Gasteiger partial charge >= 0.3 is 0 Å². The standard InChI is InChI=1S/C21H24N2O2/c1-3-13-22-20(24)15-18-11-8-12-19(14-18)23(21(25)4-2)16-17-9-6-5-7-10-17/h3,5-12,14H,1,4,13,15-16H2,2H3,(H,22,24). The van der Waals surface area contributed by atoms with Gasteiger partial charge in [0.05, 0.1) is 13.0 Å². The minimum Gasteiger partial charge on any atom is -0.352 e. The third-order valence-corrected chi connectivity index (χ3v) is 3.82. The maximum atomic E-state index is 12.4. The molecule has 0 atom stereocenters. The van der Waals surface area contributed by atoms with Crippen molar-refractivity contribution in [3.05, 3.63) is 78.4 Å². The molecule has 0 unspecified atom stereocenters. The van der Waals surface area contributed by atoms with Crippen molar-refractivity contribution in [3.63, 3.8) is 0 Å². The van der Waals surface area contributed by atoms with Crippen molar-refractivity contribution in [2.75, 3.05) is 11.4 Å². The molecular weight excluding hydrogens is 312 g/mol. The van der Waals surface area contributed by atoms with E-state index < -0.39 is 0 Å². The largest absolute Gasteiger partial charge is 0.352 e. The molecule has 0 fully saturated rings. The Morgan fingerprint density at radius 3 is 2.48 bits per heavy atom. The van der Waals surface area contributed by atoms with E-state index in [1.54, 1.807) is 11.0 Å². The molecule has 4 nitrogen and oxygen atoms in total. The van der Waals surface area contributed by atoms with E-state index in [9.17, 15) is 9.59 Å². The number of carbonyl (C=O) groups excluding carboxylic acids is 2. The Morgan fingerprint density at radius 2 is 1.80 bits per heavy atom. The molecule has 0 spiro atoms. The van der Waals surface area contributed by atoms with E-state index in [1.807, 2.05) is 61.5 Å². The summed E-state index contributed by atoms with van der Waals surface area (Å²) >= 11 is 0. The second-order valence-electron chi connectivity index (χ2n) is 5.76. The number of nitrogens with one attached hydrogen (secondary N) is 1. The number of benzene rings is 2. The van der Waals surface area contributed by atoms with Gasteiger partial charge in [-0.05, 0) is 23.3 Å². The van der Waals surface area contributed by atoms with Crippen LogP contribution in [0.4, 0.5) is 5.69 Å². The van der Waals surface area contributed by atoms with Crippen LogP contribution in [0, 0.1) is 0 Å². The number of carbonyl (C=O) groups is 2. The summed E-state index contributed by atoms with van der Waals surface area (Å²) in [4.78, 5) is 26.1. The molecule has 2 rings (SSSR count). The van der Waals surface area contributed by atoms with Crippen molar-refractivity contribution >= 4 is 17.5 Å². The maximum Gasteiger partial charge on any atom is 0.227 e. The zero-order valence-corrected chi connectivity index (χ0v) is 14.6. The summed E-state index contributed by atoms with van der Waals surface area (Å²) in [7, 11) is 0. The average molecular weight is 336 g/mol. The summed E-state index contributed by atoms with van der Waals surface area (Å²) < 4.78 is 0. The lowest BCUT2D eigenvalue weighted by Gasteiger charge is -2.23. The van der Waals surface area contributed by atoms with E-state index in [0.717, 1.165) is 16.8 Å². The summed E-state index contributed by atoms with van der Waals surface area (Å²) in [5.41, 5.74) is 2.75. The van der Waals surface area contributed by atoms with Gasteiger partial charge in [0.2, 0.25) is 11.8 Å². The Labute approximate surface area is 149 Å². The molecule has 0 aliphatic rings. The van der Waals surface area contributed by atoms with Gasteiger partial charge in [0, 0.05) is 18.7 Å². The van der Waals surface area contributed by atoms with Crippen LogP contribution < -0.4 is 10.2 Å². The normalized spacial score (nSPS) is 10.1. The van der Waals surface area contributed by atoms with E-state index >= 15 is 0 Å². The predicted molar refractivity (Wildman–Crippen MR) is 101 cm³/mol. The van der Waals surface area contributed by atoms with Crippen LogP contribution in [0.15, 0.2) is 67.3 Å². The topological polar surface area (TPSA) is 49.4 Å². The monoisotopic (exact) mass is 336 g/mol. The summed E-state index contributed by atoms with van der Waals surface area (Å²) in [5.74, 6) is -0.00871. The molecule has 0 saturated heterocycles. The van der Waals surface area contributed by atoms with Crippen molar-refractivity contribution in [2.24, 2.45) is 0 Å².